The first-order valence-electron chi connectivity index (χ1n) is 9.70. The van der Waals surface area contributed by atoms with Gasteiger partial charge in [0.15, 0.2) is 10.8 Å². The largest absolute Gasteiger partial charge is 0.344 e. The summed E-state index contributed by atoms with van der Waals surface area (Å²) < 4.78 is 15.3. The summed E-state index contributed by atoms with van der Waals surface area (Å²) in [6.07, 6.45) is 4.16. The van der Waals surface area contributed by atoms with Gasteiger partial charge in [-0.25, -0.2) is 9.37 Å². The molecule has 28 heavy (non-hydrogen) atoms. The number of carbonyl (C=O) groups excluding carboxylic acids is 1. The number of thiazole rings is 1. The summed E-state index contributed by atoms with van der Waals surface area (Å²) in [4.78, 5) is 25.6. The van der Waals surface area contributed by atoms with Gasteiger partial charge < -0.3 is 9.80 Å². The highest BCUT2D eigenvalue weighted by Gasteiger charge is 2.27. The van der Waals surface area contributed by atoms with E-state index in [4.69, 9.17) is 0 Å². The van der Waals surface area contributed by atoms with Crippen LogP contribution in [0, 0.1) is 5.82 Å². The van der Waals surface area contributed by atoms with Crippen LogP contribution in [0.25, 0.3) is 10.3 Å². The summed E-state index contributed by atoms with van der Waals surface area (Å²) >= 11 is 1.63. The van der Waals surface area contributed by atoms with Crippen molar-refractivity contribution in [3.05, 3.63) is 53.5 Å². The molecule has 0 bridgehead atoms. The fourth-order valence-corrected chi connectivity index (χ4v) is 4.71. The Kier molecular flexibility index (Phi) is 4.47. The fourth-order valence-electron chi connectivity index (χ4n) is 3.73. The zero-order valence-corrected chi connectivity index (χ0v) is 16.3. The van der Waals surface area contributed by atoms with Crippen molar-refractivity contribution in [2.75, 3.05) is 31.1 Å². The van der Waals surface area contributed by atoms with E-state index in [0.29, 0.717) is 19.0 Å². The summed E-state index contributed by atoms with van der Waals surface area (Å²) in [5.74, 6) is 0.279. The van der Waals surface area contributed by atoms with Crippen molar-refractivity contribution in [2.45, 2.75) is 25.2 Å². The smallest absolute Gasteiger partial charge is 0.227 e. The molecule has 0 radical (unpaired) electrons. The number of fused-ring (bicyclic) bond motifs is 1. The van der Waals surface area contributed by atoms with Gasteiger partial charge in [0.25, 0.3) is 0 Å². The van der Waals surface area contributed by atoms with E-state index in [0.717, 1.165) is 52.5 Å². The molecular formula is C21H21FN4OS. The van der Waals surface area contributed by atoms with Crippen molar-refractivity contribution in [3.63, 3.8) is 0 Å². The Morgan fingerprint density at radius 2 is 2.00 bits per heavy atom. The maximum atomic E-state index is 14.2. The first kappa shape index (κ1) is 17.6. The van der Waals surface area contributed by atoms with Gasteiger partial charge in [-0.2, -0.15) is 4.98 Å². The average molecular weight is 396 g/mol. The van der Waals surface area contributed by atoms with E-state index in [1.54, 1.807) is 17.5 Å². The lowest BCUT2D eigenvalue weighted by Gasteiger charge is -2.34. The number of anilines is 1. The Labute approximate surface area is 166 Å². The molecule has 0 atom stereocenters. The van der Waals surface area contributed by atoms with Gasteiger partial charge in [-0.05, 0) is 48.1 Å². The topological polar surface area (TPSA) is 49.3 Å². The number of rotatable bonds is 4. The van der Waals surface area contributed by atoms with E-state index in [2.05, 4.69) is 14.9 Å². The minimum atomic E-state index is -0.165. The summed E-state index contributed by atoms with van der Waals surface area (Å²) in [5, 5.41) is 0.957. The molecule has 7 heteroatoms. The normalized spacial score (nSPS) is 17.3. The number of amides is 1. The molecule has 0 N–H and O–H groups in total. The van der Waals surface area contributed by atoms with Crippen molar-refractivity contribution in [1.29, 1.82) is 0 Å². The van der Waals surface area contributed by atoms with Crippen LogP contribution in [0.4, 0.5) is 9.52 Å². The molecule has 1 aliphatic heterocycles. The Hall–Kier alpha value is -2.54. The second kappa shape index (κ2) is 7.13. The van der Waals surface area contributed by atoms with E-state index >= 15 is 0 Å². The zero-order valence-electron chi connectivity index (χ0n) is 15.5. The average Bonchev–Trinajstić information content (AvgIpc) is 3.45. The number of hydrogen-bond donors (Lipinski definition) is 0. The van der Waals surface area contributed by atoms with E-state index < -0.39 is 0 Å². The van der Waals surface area contributed by atoms with Gasteiger partial charge >= 0.3 is 0 Å². The number of aromatic nitrogens is 2. The van der Waals surface area contributed by atoms with Crippen LogP contribution in [0.3, 0.4) is 0 Å². The monoisotopic (exact) mass is 396 g/mol. The van der Waals surface area contributed by atoms with Crippen molar-refractivity contribution < 1.29 is 9.18 Å². The van der Waals surface area contributed by atoms with Crippen LogP contribution >= 0.6 is 11.3 Å². The van der Waals surface area contributed by atoms with Crippen LogP contribution < -0.4 is 4.90 Å². The number of halogens is 1. The predicted molar refractivity (Wildman–Crippen MR) is 108 cm³/mol. The Morgan fingerprint density at radius 3 is 2.71 bits per heavy atom. The predicted octanol–water partition coefficient (Wildman–Crippen LogP) is 3.60. The summed E-state index contributed by atoms with van der Waals surface area (Å²) in [6, 6.07) is 9.24. The van der Waals surface area contributed by atoms with Crippen LogP contribution in [-0.4, -0.2) is 47.0 Å². The Bertz CT molecular complexity index is 991. The lowest BCUT2D eigenvalue weighted by molar-refractivity contribution is -0.130. The molecule has 1 saturated carbocycles. The second-order valence-electron chi connectivity index (χ2n) is 7.50. The molecule has 2 aromatic heterocycles. The highest BCUT2D eigenvalue weighted by molar-refractivity contribution is 7.22. The molecule has 1 saturated heterocycles. The quantitative estimate of drug-likeness (QED) is 0.676. The van der Waals surface area contributed by atoms with Crippen molar-refractivity contribution >= 4 is 32.7 Å². The van der Waals surface area contributed by atoms with Crippen LogP contribution in [0.1, 0.15) is 29.9 Å². The van der Waals surface area contributed by atoms with Gasteiger partial charge in [0, 0.05) is 32.4 Å². The molecule has 1 aromatic carbocycles. The first-order valence-corrected chi connectivity index (χ1v) is 10.5. The molecule has 0 spiro atoms. The first-order chi connectivity index (χ1) is 13.7. The van der Waals surface area contributed by atoms with Crippen LogP contribution in [0.15, 0.2) is 36.5 Å². The van der Waals surface area contributed by atoms with Gasteiger partial charge in [0.2, 0.25) is 5.91 Å². The third-order valence-corrected chi connectivity index (χ3v) is 6.56. The number of nitrogens with zero attached hydrogens (tertiary/aromatic N) is 4. The molecule has 2 aliphatic rings. The second-order valence-corrected chi connectivity index (χ2v) is 8.51. The maximum absolute atomic E-state index is 14.2. The highest BCUT2D eigenvalue weighted by atomic mass is 32.1. The van der Waals surface area contributed by atoms with Crippen LogP contribution in [0.5, 0.6) is 0 Å². The van der Waals surface area contributed by atoms with Gasteiger partial charge in [-0.15, -0.1) is 0 Å². The minimum absolute atomic E-state index is 0.0594. The van der Waals surface area contributed by atoms with E-state index in [1.165, 1.54) is 6.07 Å². The lowest BCUT2D eigenvalue weighted by atomic mass is 10.0. The molecule has 144 valence electrons. The minimum Gasteiger partial charge on any atom is -0.344 e. The Balaban J connectivity index is 1.20. The number of pyridine rings is 1. The molecule has 1 amide bonds. The van der Waals surface area contributed by atoms with Gasteiger partial charge in [-0.1, -0.05) is 23.5 Å². The van der Waals surface area contributed by atoms with E-state index in [9.17, 15) is 9.18 Å². The molecular weight excluding hydrogens is 375 g/mol. The third-order valence-electron chi connectivity index (χ3n) is 5.49. The number of hydrogen-bond acceptors (Lipinski definition) is 5. The molecule has 0 unspecified atom stereocenters. The molecule has 3 heterocycles. The van der Waals surface area contributed by atoms with Crippen LogP contribution in [-0.2, 0) is 11.2 Å². The molecule has 5 rings (SSSR count). The standard InChI is InChI=1S/C21H21FN4OS/c22-17-12-14(3-6-16(17)15-4-5-15)13-19(27)25-8-10-26(11-9-25)21-24-20-18(28-21)2-1-7-23-20/h1-3,6-7,12,15H,4-5,8-11,13H2. The van der Waals surface area contributed by atoms with Gasteiger partial charge in [0.1, 0.15) is 5.82 Å². The highest BCUT2D eigenvalue weighted by Crippen LogP contribution is 2.41. The summed E-state index contributed by atoms with van der Waals surface area (Å²) in [5.41, 5.74) is 2.33. The van der Waals surface area contributed by atoms with E-state index in [1.807, 2.05) is 29.2 Å². The van der Waals surface area contributed by atoms with Crippen LogP contribution in [0.2, 0.25) is 0 Å². The van der Waals surface area contributed by atoms with Crippen molar-refractivity contribution in [1.82, 2.24) is 14.9 Å². The number of piperazine rings is 1. The fraction of sp³-hybridized carbons (Fsp3) is 0.381. The molecule has 1 aliphatic carbocycles. The summed E-state index contributed by atoms with van der Waals surface area (Å²) in [7, 11) is 0. The van der Waals surface area contributed by atoms with Gasteiger partial charge in [0.05, 0.1) is 11.1 Å². The van der Waals surface area contributed by atoms with Gasteiger partial charge in [-0.3, -0.25) is 4.79 Å². The molecule has 3 aromatic rings. The third kappa shape index (κ3) is 3.46. The zero-order chi connectivity index (χ0) is 19.1. The number of benzene rings is 1. The van der Waals surface area contributed by atoms with Crippen molar-refractivity contribution in [2.24, 2.45) is 0 Å². The molecule has 2 fully saturated rings. The number of carbonyl (C=O) groups is 1. The van der Waals surface area contributed by atoms with Crippen molar-refractivity contribution in [3.8, 4) is 0 Å². The Morgan fingerprint density at radius 1 is 1.18 bits per heavy atom. The molecule has 5 nitrogen and oxygen atoms in total. The summed E-state index contributed by atoms with van der Waals surface area (Å²) in [6.45, 7) is 2.82. The maximum Gasteiger partial charge on any atom is 0.227 e. The van der Waals surface area contributed by atoms with E-state index in [-0.39, 0.29) is 18.1 Å². The lowest BCUT2D eigenvalue weighted by Crippen LogP contribution is -2.49. The SMILES string of the molecule is O=C(Cc1ccc(C2CC2)c(F)c1)N1CCN(c2nc3ncccc3s2)CC1.